The molecule has 3 N–H and O–H groups in total. The van der Waals surface area contributed by atoms with Gasteiger partial charge < -0.3 is 15.4 Å². The van der Waals surface area contributed by atoms with Crippen molar-refractivity contribution in [3.05, 3.63) is 102 Å². The summed E-state index contributed by atoms with van der Waals surface area (Å²) in [6.45, 7) is 0.250. The van der Waals surface area contributed by atoms with Crippen molar-refractivity contribution in [3.8, 4) is 11.3 Å². The lowest BCUT2D eigenvalue weighted by Crippen LogP contribution is -2.42. The summed E-state index contributed by atoms with van der Waals surface area (Å²) in [7, 11) is -4.25. The number of carbonyl (C=O) groups excluding carboxylic acids is 1. The van der Waals surface area contributed by atoms with Crippen LogP contribution in [0.1, 0.15) is 30.5 Å². The van der Waals surface area contributed by atoms with E-state index in [0.717, 1.165) is 30.9 Å². The first kappa shape index (κ1) is 30.0. The van der Waals surface area contributed by atoms with E-state index in [1.165, 1.54) is 18.2 Å². The number of ether oxygens (including phenoxy) is 1. The molecule has 4 aromatic rings. The van der Waals surface area contributed by atoms with Gasteiger partial charge in [0.15, 0.2) is 0 Å². The minimum Gasteiger partial charge on any atom is -0.445 e. The predicted octanol–water partition coefficient (Wildman–Crippen LogP) is 4.56. The Balaban J connectivity index is 1.16. The van der Waals surface area contributed by atoms with Crippen molar-refractivity contribution < 1.29 is 26.7 Å². The molecule has 1 aliphatic carbocycles. The number of hydrogen-bond donors (Lipinski definition) is 3. The highest BCUT2D eigenvalue weighted by Gasteiger charge is 2.41. The summed E-state index contributed by atoms with van der Waals surface area (Å²) < 4.78 is 62.0. The monoisotopic (exact) mass is 608 g/mol. The maximum Gasteiger partial charge on any atom is 0.407 e. The largest absolute Gasteiger partial charge is 0.445 e. The molecule has 0 aliphatic heterocycles. The number of nitrogens with zero attached hydrogens (tertiary/aromatic N) is 3. The number of sulfonamides is 1. The number of aromatic nitrogens is 3. The van der Waals surface area contributed by atoms with Gasteiger partial charge in [0.2, 0.25) is 10.0 Å². The van der Waals surface area contributed by atoms with Crippen LogP contribution >= 0.6 is 0 Å². The molecule has 0 bridgehead atoms. The molecule has 0 unspecified atom stereocenters. The first-order chi connectivity index (χ1) is 20.8. The second-order valence-electron chi connectivity index (χ2n) is 10.2. The predicted molar refractivity (Wildman–Crippen MR) is 155 cm³/mol. The lowest BCUT2D eigenvalue weighted by molar-refractivity contribution is 0.140. The van der Waals surface area contributed by atoms with Crippen molar-refractivity contribution in [1.29, 1.82) is 0 Å². The standard InChI is InChI=1S/C30H30F2N6O4S/c31-23-10-9-22(18-26(23)43(40,41)36-17-16-34-29(39)42-19-21-6-2-1-3-7-21)25-11-12-27(38-37-25)35-20-30(13-5-14-30)28-24(32)8-4-15-33-28/h1-4,6-12,15,18,36H,5,13-14,16-17,19-20H2,(H,34,39)(H,35,38). The number of alkyl carbamates (subject to hydrolysis) is 1. The minimum absolute atomic E-state index is 0.0671. The van der Waals surface area contributed by atoms with Crippen LogP contribution in [0.5, 0.6) is 0 Å². The van der Waals surface area contributed by atoms with Gasteiger partial charge in [-0.15, -0.1) is 10.2 Å². The second kappa shape index (κ2) is 13.2. The van der Waals surface area contributed by atoms with Gasteiger partial charge in [-0.05, 0) is 60.9 Å². The SMILES string of the molecule is O=C(NCCNS(=O)(=O)c1cc(-c2ccc(NCC3(c4ncccc4F)CCC3)nn2)ccc1F)OCc1ccccc1. The van der Waals surface area contributed by atoms with Gasteiger partial charge in [0.25, 0.3) is 0 Å². The normalized spacial score (nSPS) is 14.0. The van der Waals surface area contributed by atoms with Crippen molar-refractivity contribution in [2.45, 2.75) is 36.2 Å². The summed E-state index contributed by atoms with van der Waals surface area (Å²) >= 11 is 0. The van der Waals surface area contributed by atoms with Crippen LogP contribution in [0.3, 0.4) is 0 Å². The van der Waals surface area contributed by atoms with Crippen molar-refractivity contribution in [3.63, 3.8) is 0 Å². The molecule has 10 nitrogen and oxygen atoms in total. The molecule has 1 amide bonds. The molecular weight excluding hydrogens is 578 g/mol. The molecule has 0 spiro atoms. The third-order valence-corrected chi connectivity index (χ3v) is 8.74. The molecule has 2 aromatic carbocycles. The van der Waals surface area contributed by atoms with Gasteiger partial charge in [0.05, 0.1) is 11.4 Å². The molecule has 0 radical (unpaired) electrons. The maximum atomic E-state index is 14.6. The van der Waals surface area contributed by atoms with E-state index in [2.05, 4.69) is 30.5 Å². The van der Waals surface area contributed by atoms with Gasteiger partial charge in [-0.3, -0.25) is 4.98 Å². The van der Waals surface area contributed by atoms with E-state index in [4.69, 9.17) is 4.74 Å². The van der Waals surface area contributed by atoms with E-state index in [1.807, 2.05) is 18.2 Å². The molecule has 2 aromatic heterocycles. The maximum absolute atomic E-state index is 14.6. The molecule has 1 fully saturated rings. The topological polar surface area (TPSA) is 135 Å². The van der Waals surface area contributed by atoms with Crippen LogP contribution in [0.2, 0.25) is 0 Å². The Kier molecular flexibility index (Phi) is 9.22. The summed E-state index contributed by atoms with van der Waals surface area (Å²) in [5.41, 5.74) is 1.50. The van der Waals surface area contributed by atoms with Gasteiger partial charge in [0, 0.05) is 36.8 Å². The van der Waals surface area contributed by atoms with Crippen LogP contribution in [0, 0.1) is 11.6 Å². The Morgan fingerprint density at radius 3 is 2.44 bits per heavy atom. The van der Waals surface area contributed by atoms with Crippen LogP contribution < -0.4 is 15.4 Å². The lowest BCUT2D eigenvalue weighted by atomic mass is 9.66. The number of anilines is 1. The first-order valence-corrected chi connectivity index (χ1v) is 15.2. The molecule has 1 saturated carbocycles. The first-order valence-electron chi connectivity index (χ1n) is 13.7. The fourth-order valence-electron chi connectivity index (χ4n) is 4.79. The number of halogens is 2. The summed E-state index contributed by atoms with van der Waals surface area (Å²) in [4.78, 5) is 15.6. The third kappa shape index (κ3) is 7.30. The molecule has 0 saturated heterocycles. The fourth-order valence-corrected chi connectivity index (χ4v) is 5.92. The number of nitrogens with one attached hydrogen (secondary N) is 3. The number of carbonyl (C=O) groups is 1. The zero-order valence-corrected chi connectivity index (χ0v) is 23.9. The summed E-state index contributed by atoms with van der Waals surface area (Å²) in [6, 6.07) is 19.0. The number of rotatable bonds is 12. The van der Waals surface area contributed by atoms with Gasteiger partial charge >= 0.3 is 6.09 Å². The Labute approximate surface area is 248 Å². The Morgan fingerprint density at radius 2 is 1.74 bits per heavy atom. The van der Waals surface area contributed by atoms with Crippen molar-refractivity contribution >= 4 is 21.9 Å². The van der Waals surface area contributed by atoms with Crippen LogP contribution in [0.4, 0.5) is 19.4 Å². The minimum atomic E-state index is -4.25. The van der Waals surface area contributed by atoms with E-state index in [9.17, 15) is 22.0 Å². The van der Waals surface area contributed by atoms with Gasteiger partial charge in [-0.2, -0.15) is 0 Å². The van der Waals surface area contributed by atoms with E-state index in [1.54, 1.807) is 36.5 Å². The zero-order chi connectivity index (χ0) is 30.3. The van der Waals surface area contributed by atoms with Crippen LogP contribution in [0.15, 0.2) is 83.9 Å². The average molecular weight is 609 g/mol. The molecule has 5 rings (SSSR count). The Morgan fingerprint density at radius 1 is 0.930 bits per heavy atom. The number of hydrogen-bond acceptors (Lipinski definition) is 8. The van der Waals surface area contributed by atoms with Crippen LogP contribution in [0.25, 0.3) is 11.3 Å². The van der Waals surface area contributed by atoms with Gasteiger partial charge in [-0.25, -0.2) is 26.7 Å². The summed E-state index contributed by atoms with van der Waals surface area (Å²) in [6.07, 6.45) is 3.45. The Bertz CT molecular complexity index is 1670. The lowest BCUT2D eigenvalue weighted by Gasteiger charge is -2.41. The highest BCUT2D eigenvalue weighted by molar-refractivity contribution is 7.89. The quantitative estimate of drug-likeness (QED) is 0.199. The number of pyridine rings is 1. The summed E-state index contributed by atoms with van der Waals surface area (Å²) in [5, 5.41) is 14.0. The summed E-state index contributed by atoms with van der Waals surface area (Å²) in [5.74, 6) is -0.817. The molecule has 13 heteroatoms. The van der Waals surface area contributed by atoms with E-state index in [0.29, 0.717) is 29.3 Å². The van der Waals surface area contributed by atoms with Crippen LogP contribution in [-0.4, -0.2) is 49.3 Å². The highest BCUT2D eigenvalue weighted by Crippen LogP contribution is 2.43. The highest BCUT2D eigenvalue weighted by atomic mass is 32.2. The molecule has 1 aliphatic rings. The zero-order valence-electron chi connectivity index (χ0n) is 23.1. The van der Waals surface area contributed by atoms with E-state index >= 15 is 0 Å². The molecular formula is C30H30F2N6O4S. The van der Waals surface area contributed by atoms with Crippen molar-refractivity contribution in [2.75, 3.05) is 25.0 Å². The number of amides is 1. The molecule has 0 atom stereocenters. The average Bonchev–Trinajstić information content (AvgIpc) is 2.99. The van der Waals surface area contributed by atoms with Crippen LogP contribution in [-0.2, 0) is 26.8 Å². The van der Waals surface area contributed by atoms with Crippen molar-refractivity contribution in [1.82, 2.24) is 25.2 Å². The van der Waals surface area contributed by atoms with E-state index < -0.39 is 32.2 Å². The Hall–Kier alpha value is -4.49. The fraction of sp³-hybridized carbons (Fsp3) is 0.267. The smallest absolute Gasteiger partial charge is 0.407 e. The van der Waals surface area contributed by atoms with E-state index in [-0.39, 0.29) is 25.5 Å². The van der Waals surface area contributed by atoms with Gasteiger partial charge in [-0.1, -0.05) is 36.8 Å². The molecule has 43 heavy (non-hydrogen) atoms. The van der Waals surface area contributed by atoms with Gasteiger partial charge in [0.1, 0.15) is 29.0 Å². The van der Waals surface area contributed by atoms with Crippen molar-refractivity contribution in [2.24, 2.45) is 0 Å². The second-order valence-corrected chi connectivity index (χ2v) is 11.9. The number of benzene rings is 2. The molecule has 2 heterocycles. The third-order valence-electron chi connectivity index (χ3n) is 7.26. The molecule has 224 valence electrons.